The van der Waals surface area contributed by atoms with Crippen LogP contribution in [0.4, 0.5) is 0 Å². The summed E-state index contributed by atoms with van der Waals surface area (Å²) >= 11 is 0. The Bertz CT molecular complexity index is 877. The van der Waals surface area contributed by atoms with Gasteiger partial charge in [-0.1, -0.05) is 66.7 Å². The summed E-state index contributed by atoms with van der Waals surface area (Å²) in [6.45, 7) is 1.76. The lowest BCUT2D eigenvalue weighted by Gasteiger charge is -2.30. The topological polar surface area (TPSA) is 52.9 Å². The van der Waals surface area contributed by atoms with Crippen LogP contribution in [0.1, 0.15) is 12.5 Å². The zero-order valence-corrected chi connectivity index (χ0v) is 14.9. The SMILES string of the molecule is C[C@@](C#N)(NP(=O)(c1ccccc1)c1ccccc1)c1ccccc1. The van der Waals surface area contributed by atoms with Gasteiger partial charge in [-0.25, -0.2) is 5.09 Å². The highest BCUT2D eigenvalue weighted by molar-refractivity contribution is 7.77. The van der Waals surface area contributed by atoms with Gasteiger partial charge in [0, 0.05) is 10.6 Å². The number of nitrogens with zero attached hydrogens (tertiary/aromatic N) is 1. The molecule has 0 heterocycles. The van der Waals surface area contributed by atoms with Gasteiger partial charge >= 0.3 is 0 Å². The van der Waals surface area contributed by atoms with Gasteiger partial charge in [0.25, 0.3) is 0 Å². The molecule has 1 N–H and O–H groups in total. The van der Waals surface area contributed by atoms with E-state index in [1.165, 1.54) is 0 Å². The van der Waals surface area contributed by atoms with Crippen LogP contribution in [0.15, 0.2) is 91.0 Å². The predicted octanol–water partition coefficient (Wildman–Crippen LogP) is 3.94. The average molecular weight is 346 g/mol. The minimum absolute atomic E-state index is 0.679. The number of nitriles is 1. The van der Waals surface area contributed by atoms with Crippen LogP contribution in [0.3, 0.4) is 0 Å². The molecule has 25 heavy (non-hydrogen) atoms. The van der Waals surface area contributed by atoms with Crippen molar-refractivity contribution in [1.29, 1.82) is 5.26 Å². The summed E-state index contributed by atoms with van der Waals surface area (Å²) in [7, 11) is -3.20. The molecule has 0 fully saturated rings. The van der Waals surface area contributed by atoms with Crippen molar-refractivity contribution in [3.8, 4) is 6.07 Å². The Kier molecular flexibility index (Phi) is 4.86. The molecule has 3 rings (SSSR count). The Morgan fingerprint density at radius 1 is 0.800 bits per heavy atom. The second-order valence-corrected chi connectivity index (χ2v) is 8.47. The van der Waals surface area contributed by atoms with E-state index in [1.54, 1.807) is 6.92 Å². The molecule has 3 aromatic carbocycles. The third-order valence-corrected chi connectivity index (χ3v) is 7.01. The van der Waals surface area contributed by atoms with Gasteiger partial charge < -0.3 is 0 Å². The Balaban J connectivity index is 2.14. The predicted molar refractivity (Wildman–Crippen MR) is 102 cm³/mol. The van der Waals surface area contributed by atoms with Crippen molar-refractivity contribution in [2.45, 2.75) is 12.5 Å². The van der Waals surface area contributed by atoms with Crippen molar-refractivity contribution in [2.24, 2.45) is 0 Å². The largest absolute Gasteiger partial charge is 0.296 e. The first kappa shape index (κ1) is 17.2. The van der Waals surface area contributed by atoms with Crippen LogP contribution in [0.2, 0.25) is 0 Å². The van der Waals surface area contributed by atoms with E-state index in [-0.39, 0.29) is 0 Å². The molecule has 0 saturated carbocycles. The molecular weight excluding hydrogens is 327 g/mol. The van der Waals surface area contributed by atoms with E-state index in [9.17, 15) is 9.83 Å². The number of nitrogens with one attached hydrogen (secondary N) is 1. The minimum atomic E-state index is -3.20. The number of benzene rings is 3. The number of hydrogen-bond donors (Lipinski definition) is 1. The molecule has 0 aliphatic carbocycles. The van der Waals surface area contributed by atoms with E-state index in [0.29, 0.717) is 10.6 Å². The summed E-state index contributed by atoms with van der Waals surface area (Å²) in [6, 6.07) is 30.3. The van der Waals surface area contributed by atoms with Gasteiger partial charge in [-0.2, -0.15) is 5.26 Å². The standard InChI is InChI=1S/C21H19N2OP/c1-21(17-22,18-11-5-2-6-12-18)23-25(24,19-13-7-3-8-14-19)20-15-9-4-10-16-20/h2-16H,1H3,(H,23,24)/t21-/m0/s1. The molecule has 0 radical (unpaired) electrons. The first-order valence-electron chi connectivity index (χ1n) is 8.06. The molecule has 3 aromatic rings. The Labute approximate surface area is 148 Å². The lowest BCUT2D eigenvalue weighted by molar-refractivity contribution is 0.532. The minimum Gasteiger partial charge on any atom is -0.296 e. The zero-order valence-electron chi connectivity index (χ0n) is 14.0. The quantitative estimate of drug-likeness (QED) is 0.712. The molecule has 0 unspecified atom stereocenters. The highest BCUT2D eigenvalue weighted by Crippen LogP contribution is 2.43. The van der Waals surface area contributed by atoms with Crippen LogP contribution >= 0.6 is 7.29 Å². The van der Waals surface area contributed by atoms with Gasteiger partial charge in [0.1, 0.15) is 5.54 Å². The van der Waals surface area contributed by atoms with Gasteiger partial charge in [0.2, 0.25) is 7.29 Å². The lowest BCUT2D eigenvalue weighted by atomic mass is 9.95. The van der Waals surface area contributed by atoms with Crippen molar-refractivity contribution in [2.75, 3.05) is 0 Å². The zero-order chi connectivity index (χ0) is 17.8. The molecule has 1 atom stereocenters. The highest BCUT2D eigenvalue weighted by atomic mass is 31.2. The van der Waals surface area contributed by atoms with Crippen LogP contribution in [-0.4, -0.2) is 0 Å². The van der Waals surface area contributed by atoms with E-state index in [2.05, 4.69) is 11.2 Å². The van der Waals surface area contributed by atoms with E-state index < -0.39 is 12.8 Å². The second kappa shape index (κ2) is 7.07. The Hall–Kier alpha value is -2.66. The number of hydrogen-bond acceptors (Lipinski definition) is 2. The molecule has 0 aliphatic rings. The molecular formula is C21H19N2OP. The molecule has 0 aliphatic heterocycles. The number of rotatable bonds is 5. The molecule has 4 heteroatoms. The summed E-state index contributed by atoms with van der Waals surface area (Å²) in [5, 5.41) is 14.4. The van der Waals surface area contributed by atoms with Gasteiger partial charge in [0.15, 0.2) is 0 Å². The van der Waals surface area contributed by atoms with Crippen molar-refractivity contribution >= 4 is 17.9 Å². The lowest BCUT2D eigenvalue weighted by Crippen LogP contribution is -2.41. The third-order valence-electron chi connectivity index (χ3n) is 4.20. The monoisotopic (exact) mass is 346 g/mol. The van der Waals surface area contributed by atoms with Crippen molar-refractivity contribution < 1.29 is 4.57 Å². The smallest absolute Gasteiger partial charge is 0.206 e. The van der Waals surface area contributed by atoms with E-state index in [1.807, 2.05) is 91.0 Å². The first-order chi connectivity index (χ1) is 12.1. The third kappa shape index (κ3) is 3.42. The molecule has 0 bridgehead atoms. The van der Waals surface area contributed by atoms with Gasteiger partial charge in [-0.15, -0.1) is 0 Å². The summed E-state index contributed by atoms with van der Waals surface area (Å²) in [4.78, 5) is 0. The van der Waals surface area contributed by atoms with Gasteiger partial charge in [0.05, 0.1) is 6.07 Å². The summed E-state index contributed by atoms with van der Waals surface area (Å²) in [5.41, 5.74) is -0.299. The molecule has 0 spiro atoms. The summed E-state index contributed by atoms with van der Waals surface area (Å²) < 4.78 is 14.1. The maximum atomic E-state index is 14.1. The van der Waals surface area contributed by atoms with Crippen LogP contribution in [0.25, 0.3) is 0 Å². The average Bonchev–Trinajstić information content (AvgIpc) is 2.70. The van der Waals surface area contributed by atoms with E-state index in [4.69, 9.17) is 0 Å². The molecule has 0 aromatic heterocycles. The van der Waals surface area contributed by atoms with Crippen molar-refractivity contribution in [1.82, 2.24) is 5.09 Å². The van der Waals surface area contributed by atoms with Gasteiger partial charge in [-0.05, 0) is 36.8 Å². The Morgan fingerprint density at radius 3 is 1.60 bits per heavy atom. The van der Waals surface area contributed by atoms with Crippen LogP contribution in [0.5, 0.6) is 0 Å². The maximum Gasteiger partial charge on any atom is 0.206 e. The maximum absolute atomic E-state index is 14.1. The van der Waals surface area contributed by atoms with Crippen LogP contribution in [0, 0.1) is 11.3 Å². The van der Waals surface area contributed by atoms with E-state index in [0.717, 1.165) is 5.56 Å². The Morgan fingerprint density at radius 2 is 1.20 bits per heavy atom. The summed E-state index contributed by atoms with van der Waals surface area (Å²) in [5.74, 6) is 0. The molecule has 124 valence electrons. The molecule has 0 saturated heterocycles. The fraction of sp³-hybridized carbons (Fsp3) is 0.0952. The van der Waals surface area contributed by atoms with Crippen molar-refractivity contribution in [3.05, 3.63) is 96.6 Å². The van der Waals surface area contributed by atoms with Crippen LogP contribution < -0.4 is 15.7 Å². The summed E-state index contributed by atoms with van der Waals surface area (Å²) in [6.07, 6.45) is 0. The van der Waals surface area contributed by atoms with Gasteiger partial charge in [-0.3, -0.25) is 4.57 Å². The highest BCUT2D eigenvalue weighted by Gasteiger charge is 2.37. The molecule has 0 amide bonds. The van der Waals surface area contributed by atoms with Crippen LogP contribution in [-0.2, 0) is 10.1 Å². The fourth-order valence-electron chi connectivity index (χ4n) is 2.79. The first-order valence-corrected chi connectivity index (χ1v) is 9.77. The normalized spacial score (nSPS) is 13.6. The second-order valence-electron chi connectivity index (χ2n) is 6.00. The van der Waals surface area contributed by atoms with Crippen molar-refractivity contribution in [3.63, 3.8) is 0 Å². The molecule has 3 nitrogen and oxygen atoms in total. The fourth-order valence-corrected chi connectivity index (χ4v) is 5.34. The van der Waals surface area contributed by atoms with E-state index >= 15 is 0 Å².